The number of alkyl halides is 3. The second kappa shape index (κ2) is 4.63. The van der Waals surface area contributed by atoms with Gasteiger partial charge >= 0.3 is 6.18 Å². The average molecular weight is 233 g/mol. The van der Waals surface area contributed by atoms with E-state index in [9.17, 15) is 13.2 Å². The SMILES string of the molecule is CCN(C)c1cc(OC)cc(C(F)(F)F)c1. The van der Waals surface area contributed by atoms with E-state index in [2.05, 4.69) is 0 Å². The Hall–Kier alpha value is -1.39. The molecule has 0 aliphatic heterocycles. The van der Waals surface area contributed by atoms with Crippen LogP contribution in [0.25, 0.3) is 0 Å². The van der Waals surface area contributed by atoms with Gasteiger partial charge in [0.1, 0.15) is 5.75 Å². The summed E-state index contributed by atoms with van der Waals surface area (Å²) in [6, 6.07) is 3.69. The molecule has 0 saturated heterocycles. The van der Waals surface area contributed by atoms with Crippen molar-refractivity contribution in [3.63, 3.8) is 0 Å². The predicted molar refractivity (Wildman–Crippen MR) is 56.9 cm³/mol. The fraction of sp³-hybridized carbons (Fsp3) is 0.455. The maximum absolute atomic E-state index is 12.6. The van der Waals surface area contributed by atoms with Crippen molar-refractivity contribution < 1.29 is 17.9 Å². The number of halogens is 3. The van der Waals surface area contributed by atoms with Crippen LogP contribution >= 0.6 is 0 Å². The molecule has 2 nitrogen and oxygen atoms in total. The summed E-state index contributed by atoms with van der Waals surface area (Å²) in [6.45, 7) is 2.50. The summed E-state index contributed by atoms with van der Waals surface area (Å²) in [6.07, 6.45) is -4.35. The number of anilines is 1. The molecule has 1 aromatic carbocycles. The van der Waals surface area contributed by atoms with Crippen LogP contribution in [0.1, 0.15) is 12.5 Å². The summed E-state index contributed by atoms with van der Waals surface area (Å²) in [4.78, 5) is 1.72. The first-order chi connectivity index (χ1) is 7.38. The molecule has 16 heavy (non-hydrogen) atoms. The van der Waals surface area contributed by atoms with Gasteiger partial charge < -0.3 is 9.64 Å². The van der Waals surface area contributed by atoms with Crippen LogP contribution in [0.15, 0.2) is 18.2 Å². The fourth-order valence-corrected chi connectivity index (χ4v) is 1.27. The van der Waals surface area contributed by atoms with Crippen molar-refractivity contribution in [2.45, 2.75) is 13.1 Å². The minimum atomic E-state index is -4.35. The van der Waals surface area contributed by atoms with Crippen molar-refractivity contribution in [1.29, 1.82) is 0 Å². The van der Waals surface area contributed by atoms with Crippen molar-refractivity contribution in [3.05, 3.63) is 23.8 Å². The third kappa shape index (κ3) is 2.81. The highest BCUT2D eigenvalue weighted by atomic mass is 19.4. The predicted octanol–water partition coefficient (Wildman–Crippen LogP) is 3.17. The molecular weight excluding hydrogens is 219 g/mol. The van der Waals surface area contributed by atoms with Gasteiger partial charge in [-0.05, 0) is 19.1 Å². The van der Waals surface area contributed by atoms with Crippen LogP contribution in [0.2, 0.25) is 0 Å². The standard InChI is InChI=1S/C11H14F3NO/c1-4-15(2)9-5-8(11(12,13)14)6-10(7-9)16-3/h5-7H,4H2,1-3H3. The van der Waals surface area contributed by atoms with Crippen LogP contribution in [0, 0.1) is 0 Å². The first kappa shape index (κ1) is 12.7. The maximum Gasteiger partial charge on any atom is 0.416 e. The largest absolute Gasteiger partial charge is 0.497 e. The van der Waals surface area contributed by atoms with Crippen molar-refractivity contribution in [3.8, 4) is 5.75 Å². The van der Waals surface area contributed by atoms with Crippen molar-refractivity contribution in [2.75, 3.05) is 25.6 Å². The third-order valence-electron chi connectivity index (χ3n) is 2.37. The molecule has 0 saturated carbocycles. The highest BCUT2D eigenvalue weighted by molar-refractivity contribution is 5.53. The zero-order valence-corrected chi connectivity index (χ0v) is 9.43. The van der Waals surface area contributed by atoms with E-state index in [1.54, 1.807) is 18.0 Å². The number of methoxy groups -OCH3 is 1. The molecule has 0 aliphatic rings. The summed E-state index contributed by atoms with van der Waals surface area (Å²) in [7, 11) is 3.08. The number of hydrogen-bond acceptors (Lipinski definition) is 2. The van der Waals surface area contributed by atoms with Crippen LogP contribution in [-0.4, -0.2) is 20.7 Å². The van der Waals surface area contributed by atoms with Gasteiger partial charge in [0.2, 0.25) is 0 Å². The first-order valence-corrected chi connectivity index (χ1v) is 4.86. The molecule has 1 aromatic rings. The van der Waals surface area contributed by atoms with Crippen LogP contribution in [-0.2, 0) is 6.18 Å². The van der Waals surface area contributed by atoms with Crippen molar-refractivity contribution >= 4 is 5.69 Å². The molecule has 0 N–H and O–H groups in total. The molecule has 0 radical (unpaired) electrons. The second-order valence-electron chi connectivity index (χ2n) is 3.43. The van der Waals surface area contributed by atoms with Crippen LogP contribution in [0.4, 0.5) is 18.9 Å². The number of rotatable bonds is 3. The minimum Gasteiger partial charge on any atom is -0.497 e. The number of hydrogen-bond donors (Lipinski definition) is 0. The lowest BCUT2D eigenvalue weighted by molar-refractivity contribution is -0.137. The van der Waals surface area contributed by atoms with Crippen LogP contribution < -0.4 is 9.64 Å². The van der Waals surface area contributed by atoms with E-state index in [1.165, 1.54) is 7.11 Å². The quantitative estimate of drug-likeness (QED) is 0.795. The molecule has 0 aromatic heterocycles. The highest BCUT2D eigenvalue weighted by Crippen LogP contribution is 2.34. The van der Waals surface area contributed by atoms with Gasteiger partial charge in [0, 0.05) is 25.3 Å². The zero-order chi connectivity index (χ0) is 12.3. The summed E-state index contributed by atoms with van der Waals surface area (Å²) >= 11 is 0. The Morgan fingerprint density at radius 1 is 1.25 bits per heavy atom. The Morgan fingerprint density at radius 3 is 2.31 bits per heavy atom. The van der Waals surface area contributed by atoms with Gasteiger partial charge in [-0.2, -0.15) is 13.2 Å². The lowest BCUT2D eigenvalue weighted by Crippen LogP contribution is -2.17. The zero-order valence-electron chi connectivity index (χ0n) is 9.43. The summed E-state index contributed by atoms with van der Waals surface area (Å²) in [5, 5.41) is 0. The van der Waals surface area contributed by atoms with Gasteiger partial charge in [0.05, 0.1) is 12.7 Å². The summed E-state index contributed by atoms with van der Waals surface area (Å²) in [5.41, 5.74) is -0.198. The van der Waals surface area contributed by atoms with E-state index in [4.69, 9.17) is 4.74 Å². The Kier molecular flexibility index (Phi) is 3.67. The molecule has 0 heterocycles. The Bertz CT molecular complexity index is 363. The lowest BCUT2D eigenvalue weighted by Gasteiger charge is -2.19. The topological polar surface area (TPSA) is 12.5 Å². The molecule has 5 heteroatoms. The van der Waals surface area contributed by atoms with Crippen LogP contribution in [0.3, 0.4) is 0 Å². The maximum atomic E-state index is 12.6. The van der Waals surface area contributed by atoms with E-state index < -0.39 is 11.7 Å². The lowest BCUT2D eigenvalue weighted by atomic mass is 10.1. The molecule has 90 valence electrons. The molecule has 0 unspecified atom stereocenters. The smallest absolute Gasteiger partial charge is 0.416 e. The molecule has 0 spiro atoms. The Morgan fingerprint density at radius 2 is 1.88 bits per heavy atom. The summed E-state index contributed by atoms with van der Waals surface area (Å²) in [5.74, 6) is 0.213. The first-order valence-electron chi connectivity index (χ1n) is 4.86. The number of ether oxygens (including phenoxy) is 1. The molecule has 0 bridgehead atoms. The second-order valence-corrected chi connectivity index (χ2v) is 3.43. The van der Waals surface area contributed by atoms with Crippen LogP contribution in [0.5, 0.6) is 5.75 Å². The monoisotopic (exact) mass is 233 g/mol. The normalized spacial score (nSPS) is 11.4. The van der Waals surface area contributed by atoms with E-state index >= 15 is 0 Å². The van der Waals surface area contributed by atoms with Crippen molar-refractivity contribution in [1.82, 2.24) is 0 Å². The molecule has 0 amide bonds. The third-order valence-corrected chi connectivity index (χ3v) is 2.37. The fourth-order valence-electron chi connectivity index (χ4n) is 1.27. The van der Waals surface area contributed by atoms with E-state index in [-0.39, 0.29) is 5.75 Å². The van der Waals surface area contributed by atoms with E-state index in [0.29, 0.717) is 12.2 Å². The van der Waals surface area contributed by atoms with Gasteiger partial charge in [-0.25, -0.2) is 0 Å². The van der Waals surface area contributed by atoms with Crippen molar-refractivity contribution in [2.24, 2.45) is 0 Å². The summed E-state index contributed by atoms with van der Waals surface area (Å²) < 4.78 is 42.6. The number of benzene rings is 1. The molecular formula is C11H14F3NO. The van der Waals surface area contributed by atoms with E-state index in [1.807, 2.05) is 6.92 Å². The van der Waals surface area contributed by atoms with Gasteiger partial charge in [0.25, 0.3) is 0 Å². The Labute approximate surface area is 92.6 Å². The molecule has 0 atom stereocenters. The molecule has 1 rings (SSSR count). The minimum absolute atomic E-state index is 0.213. The Balaban J connectivity index is 3.21. The highest BCUT2D eigenvalue weighted by Gasteiger charge is 2.31. The average Bonchev–Trinajstić information content (AvgIpc) is 2.26. The van der Waals surface area contributed by atoms with E-state index in [0.717, 1.165) is 12.1 Å². The number of nitrogens with zero attached hydrogens (tertiary/aromatic N) is 1. The van der Waals surface area contributed by atoms with Gasteiger partial charge in [-0.3, -0.25) is 0 Å². The molecule has 0 aliphatic carbocycles. The van der Waals surface area contributed by atoms with Gasteiger partial charge in [-0.15, -0.1) is 0 Å². The molecule has 0 fully saturated rings. The van der Waals surface area contributed by atoms with Gasteiger partial charge in [-0.1, -0.05) is 0 Å². The van der Waals surface area contributed by atoms with Gasteiger partial charge in [0.15, 0.2) is 0 Å².